The number of carbonyl (C=O) groups excluding carboxylic acids is 1. The van der Waals surface area contributed by atoms with E-state index in [1.807, 2.05) is 19.9 Å². The lowest BCUT2D eigenvalue weighted by molar-refractivity contribution is -0.143. The van der Waals surface area contributed by atoms with Crippen LogP contribution in [0.15, 0.2) is 57.8 Å². The number of hydrogen-bond acceptors (Lipinski definition) is 10. The Morgan fingerprint density at radius 1 is 1.14 bits per heavy atom. The fourth-order valence-corrected chi connectivity index (χ4v) is 3.21. The molecule has 4 aromatic rings. The second kappa shape index (κ2) is 10.6. The average molecular weight is 476 g/mol. The number of carbonyl (C=O) groups is 1. The van der Waals surface area contributed by atoms with Crippen molar-refractivity contribution in [1.82, 2.24) is 20.3 Å². The van der Waals surface area contributed by atoms with Crippen molar-refractivity contribution in [1.29, 1.82) is 0 Å². The summed E-state index contributed by atoms with van der Waals surface area (Å²) < 4.78 is 27.1. The molecule has 10 nitrogen and oxygen atoms in total. The maximum absolute atomic E-state index is 12.3. The first kappa shape index (κ1) is 23.7. The van der Waals surface area contributed by atoms with Crippen LogP contribution < -0.4 is 9.47 Å². The molecule has 3 aromatic heterocycles. The Bertz CT molecular complexity index is 1310. The third-order valence-corrected chi connectivity index (χ3v) is 5.15. The molecule has 1 atom stereocenters. The molecular formula is C25H24N4O6. The zero-order chi connectivity index (χ0) is 24.8. The Balaban J connectivity index is 1.36. The minimum Gasteiger partial charge on any atom is -0.493 e. The summed E-state index contributed by atoms with van der Waals surface area (Å²) in [6.45, 7) is 5.65. The summed E-state index contributed by atoms with van der Waals surface area (Å²) in [5.41, 5.74) is 3.10. The molecule has 3 heterocycles. The van der Waals surface area contributed by atoms with Gasteiger partial charge in [-0.15, -0.1) is 0 Å². The van der Waals surface area contributed by atoms with Crippen LogP contribution in [0, 0.1) is 13.8 Å². The van der Waals surface area contributed by atoms with Gasteiger partial charge in [0.25, 0.3) is 5.89 Å². The summed E-state index contributed by atoms with van der Waals surface area (Å²) in [4.78, 5) is 20.6. The summed E-state index contributed by atoms with van der Waals surface area (Å²) in [6, 6.07) is 8.90. The number of ether oxygens (including phenoxy) is 3. The molecule has 0 saturated heterocycles. The van der Waals surface area contributed by atoms with E-state index in [1.54, 1.807) is 56.8 Å². The highest BCUT2D eigenvalue weighted by Crippen LogP contribution is 2.30. The van der Waals surface area contributed by atoms with Crippen LogP contribution in [0.4, 0.5) is 0 Å². The highest BCUT2D eigenvalue weighted by Gasteiger charge is 2.18. The molecule has 0 fully saturated rings. The number of aromatic nitrogens is 4. The second-order valence-electron chi connectivity index (χ2n) is 7.61. The van der Waals surface area contributed by atoms with E-state index in [-0.39, 0.29) is 5.89 Å². The molecule has 0 saturated carbocycles. The molecule has 0 spiro atoms. The van der Waals surface area contributed by atoms with Crippen LogP contribution >= 0.6 is 0 Å². The molecular weight excluding hydrogens is 452 g/mol. The maximum atomic E-state index is 12.3. The minimum absolute atomic E-state index is 0.187. The fourth-order valence-electron chi connectivity index (χ4n) is 3.21. The largest absolute Gasteiger partial charge is 0.493 e. The van der Waals surface area contributed by atoms with E-state index in [2.05, 4.69) is 20.3 Å². The molecule has 0 bridgehead atoms. The van der Waals surface area contributed by atoms with E-state index in [0.717, 1.165) is 16.8 Å². The number of esters is 1. The van der Waals surface area contributed by atoms with Crippen molar-refractivity contribution in [2.45, 2.75) is 33.5 Å². The van der Waals surface area contributed by atoms with Crippen LogP contribution in [-0.4, -0.2) is 33.4 Å². The molecule has 1 unspecified atom stereocenters. The van der Waals surface area contributed by atoms with Gasteiger partial charge >= 0.3 is 5.97 Å². The topological polar surface area (TPSA) is 123 Å². The molecule has 4 rings (SSSR count). The molecule has 35 heavy (non-hydrogen) atoms. The van der Waals surface area contributed by atoms with E-state index >= 15 is 0 Å². The summed E-state index contributed by atoms with van der Waals surface area (Å²) in [6.07, 6.45) is 5.48. The third-order valence-electron chi connectivity index (χ3n) is 5.15. The molecule has 0 aliphatic rings. The van der Waals surface area contributed by atoms with E-state index in [0.29, 0.717) is 35.3 Å². The molecule has 0 amide bonds. The Hall–Kier alpha value is -4.47. The van der Waals surface area contributed by atoms with Crippen LogP contribution in [0.5, 0.6) is 11.5 Å². The van der Waals surface area contributed by atoms with Gasteiger partial charge in [0.2, 0.25) is 5.82 Å². The quantitative estimate of drug-likeness (QED) is 0.249. The Morgan fingerprint density at radius 2 is 2.00 bits per heavy atom. The van der Waals surface area contributed by atoms with Gasteiger partial charge in [0, 0.05) is 24.0 Å². The number of methoxy groups -OCH3 is 1. The van der Waals surface area contributed by atoms with Crippen molar-refractivity contribution in [2.75, 3.05) is 7.11 Å². The van der Waals surface area contributed by atoms with Gasteiger partial charge in [0.15, 0.2) is 17.6 Å². The molecule has 10 heteroatoms. The number of benzene rings is 1. The summed E-state index contributed by atoms with van der Waals surface area (Å²) in [5.74, 6) is 1.79. The van der Waals surface area contributed by atoms with Crippen LogP contribution in [-0.2, 0) is 16.1 Å². The van der Waals surface area contributed by atoms with Gasteiger partial charge in [0.05, 0.1) is 18.4 Å². The monoisotopic (exact) mass is 476 g/mol. The molecule has 0 aliphatic heterocycles. The zero-order valence-corrected chi connectivity index (χ0v) is 19.7. The lowest BCUT2D eigenvalue weighted by Gasteiger charge is -2.11. The molecule has 0 radical (unpaired) electrons. The summed E-state index contributed by atoms with van der Waals surface area (Å²) in [5, 5.41) is 7.83. The minimum atomic E-state index is -0.722. The number of pyridine rings is 1. The van der Waals surface area contributed by atoms with Crippen molar-refractivity contribution >= 4 is 12.0 Å². The predicted molar refractivity (Wildman–Crippen MR) is 124 cm³/mol. The average Bonchev–Trinajstić information content (AvgIpc) is 3.49. The zero-order valence-electron chi connectivity index (χ0n) is 19.7. The molecule has 1 aromatic carbocycles. The van der Waals surface area contributed by atoms with E-state index in [4.69, 9.17) is 23.3 Å². The van der Waals surface area contributed by atoms with E-state index < -0.39 is 12.1 Å². The molecule has 180 valence electrons. The van der Waals surface area contributed by atoms with Crippen LogP contribution in [0.3, 0.4) is 0 Å². The van der Waals surface area contributed by atoms with Crippen LogP contribution in [0.25, 0.3) is 17.5 Å². The Kier molecular flexibility index (Phi) is 7.20. The SMILES string of the molecule is COc1cc(/C=C/C(=O)OC(C)c2nc(-c3cccnc3)no2)ccc1OCc1c(C)noc1C. The van der Waals surface area contributed by atoms with Crippen LogP contribution in [0.2, 0.25) is 0 Å². The van der Waals surface area contributed by atoms with Crippen molar-refractivity contribution in [3.8, 4) is 22.9 Å². The van der Waals surface area contributed by atoms with Crippen molar-refractivity contribution in [3.63, 3.8) is 0 Å². The Morgan fingerprint density at radius 3 is 2.71 bits per heavy atom. The first-order valence-electron chi connectivity index (χ1n) is 10.8. The van der Waals surface area contributed by atoms with Crippen molar-refractivity contribution < 1.29 is 28.1 Å². The summed E-state index contributed by atoms with van der Waals surface area (Å²) >= 11 is 0. The van der Waals surface area contributed by atoms with Gasteiger partial charge in [-0.3, -0.25) is 4.98 Å². The highest BCUT2D eigenvalue weighted by atomic mass is 16.6. The number of hydrogen-bond donors (Lipinski definition) is 0. The lowest BCUT2D eigenvalue weighted by atomic mass is 10.2. The first-order valence-corrected chi connectivity index (χ1v) is 10.8. The highest BCUT2D eigenvalue weighted by molar-refractivity contribution is 5.87. The second-order valence-corrected chi connectivity index (χ2v) is 7.61. The lowest BCUT2D eigenvalue weighted by Crippen LogP contribution is -2.06. The predicted octanol–water partition coefficient (Wildman–Crippen LogP) is 4.64. The maximum Gasteiger partial charge on any atom is 0.331 e. The van der Waals surface area contributed by atoms with Crippen molar-refractivity contribution in [3.05, 3.63) is 77.3 Å². The smallest absolute Gasteiger partial charge is 0.331 e. The molecule has 0 aliphatic carbocycles. The van der Waals surface area contributed by atoms with Gasteiger partial charge in [0.1, 0.15) is 12.4 Å². The summed E-state index contributed by atoms with van der Waals surface area (Å²) in [7, 11) is 1.55. The standard InChI is InChI=1S/C25H24N4O6/c1-15-20(16(2)34-28-15)14-32-21-9-7-18(12-22(21)31-4)8-10-23(30)33-17(3)25-27-24(29-35-25)19-6-5-11-26-13-19/h5-13,17H,14H2,1-4H3/b10-8+. The Labute approximate surface area is 201 Å². The van der Waals surface area contributed by atoms with E-state index in [9.17, 15) is 4.79 Å². The van der Waals surface area contributed by atoms with E-state index in [1.165, 1.54) is 6.08 Å². The normalized spacial score (nSPS) is 12.0. The van der Waals surface area contributed by atoms with Crippen LogP contribution in [0.1, 0.15) is 41.5 Å². The van der Waals surface area contributed by atoms with Gasteiger partial charge in [-0.05, 0) is 56.7 Å². The number of nitrogens with zero attached hydrogens (tertiary/aromatic N) is 4. The molecule has 0 N–H and O–H groups in total. The fraction of sp³-hybridized carbons (Fsp3) is 0.240. The number of rotatable bonds is 9. The van der Waals surface area contributed by atoms with Crippen molar-refractivity contribution in [2.24, 2.45) is 0 Å². The van der Waals surface area contributed by atoms with Gasteiger partial charge in [-0.2, -0.15) is 4.98 Å². The number of aryl methyl sites for hydroxylation is 2. The first-order chi connectivity index (χ1) is 16.9. The van der Waals surface area contributed by atoms with Gasteiger partial charge < -0.3 is 23.3 Å². The van der Waals surface area contributed by atoms with Gasteiger partial charge in [-0.25, -0.2) is 4.79 Å². The van der Waals surface area contributed by atoms with Gasteiger partial charge in [-0.1, -0.05) is 16.4 Å². The third kappa shape index (κ3) is 5.72.